The van der Waals surface area contributed by atoms with Crippen molar-refractivity contribution < 1.29 is 9.90 Å². The molecule has 2 rings (SSSR count). The number of carbonyl (C=O) groups is 1. The fourth-order valence-electron chi connectivity index (χ4n) is 2.91. The fourth-order valence-corrected chi connectivity index (χ4v) is 2.91. The van der Waals surface area contributed by atoms with E-state index in [0.29, 0.717) is 5.92 Å². The summed E-state index contributed by atoms with van der Waals surface area (Å²) >= 11 is 0. The minimum Gasteiger partial charge on any atom is -0.393 e. The van der Waals surface area contributed by atoms with E-state index < -0.39 is 0 Å². The molecule has 1 heterocycles. The second-order valence-corrected chi connectivity index (χ2v) is 5.88. The van der Waals surface area contributed by atoms with E-state index in [0.717, 1.165) is 51.7 Å². The molecule has 0 aromatic rings. The topological polar surface area (TPSA) is 61.4 Å². The molecular formula is C13H24N2O2. The molecule has 0 aromatic carbocycles. The molecule has 0 bridgehead atoms. The molecule has 1 saturated carbocycles. The molecule has 3 unspecified atom stereocenters. The molecule has 1 aliphatic carbocycles. The molecule has 3 atom stereocenters. The lowest BCUT2D eigenvalue weighted by Crippen LogP contribution is -2.43. The van der Waals surface area contributed by atoms with Crippen LogP contribution < -0.4 is 10.6 Å². The predicted molar refractivity (Wildman–Crippen MR) is 66.6 cm³/mol. The Morgan fingerprint density at radius 3 is 3.00 bits per heavy atom. The fraction of sp³-hybridized carbons (Fsp3) is 0.923. The highest BCUT2D eigenvalue weighted by molar-refractivity contribution is 5.82. The number of nitrogens with one attached hydrogen (secondary N) is 2. The maximum Gasteiger partial charge on any atom is 0.227 e. The van der Waals surface area contributed by atoms with Crippen LogP contribution in [0.3, 0.4) is 0 Å². The lowest BCUT2D eigenvalue weighted by atomic mass is 9.86. The number of hydrogen-bond donors (Lipinski definition) is 3. The zero-order chi connectivity index (χ0) is 12.3. The van der Waals surface area contributed by atoms with Crippen molar-refractivity contribution >= 4 is 5.91 Å². The van der Waals surface area contributed by atoms with E-state index in [1.807, 2.05) is 6.92 Å². The third-order valence-corrected chi connectivity index (χ3v) is 4.22. The molecule has 1 amide bonds. The average molecular weight is 240 g/mol. The largest absolute Gasteiger partial charge is 0.393 e. The number of rotatable bonds is 3. The summed E-state index contributed by atoms with van der Waals surface area (Å²) < 4.78 is 0. The number of aliphatic hydroxyl groups is 1. The second kappa shape index (κ2) is 5.36. The van der Waals surface area contributed by atoms with E-state index >= 15 is 0 Å². The van der Waals surface area contributed by atoms with E-state index in [-0.39, 0.29) is 17.4 Å². The lowest BCUT2D eigenvalue weighted by molar-refractivity contribution is -0.129. The van der Waals surface area contributed by atoms with Crippen molar-refractivity contribution in [2.75, 3.05) is 19.6 Å². The number of carbonyl (C=O) groups excluding carboxylic acids is 1. The van der Waals surface area contributed by atoms with Gasteiger partial charge in [-0.05, 0) is 45.1 Å². The van der Waals surface area contributed by atoms with Crippen molar-refractivity contribution in [1.82, 2.24) is 10.6 Å². The van der Waals surface area contributed by atoms with Gasteiger partial charge in [0.15, 0.2) is 0 Å². The lowest BCUT2D eigenvalue weighted by Gasteiger charge is -2.28. The van der Waals surface area contributed by atoms with Gasteiger partial charge in [0.25, 0.3) is 0 Å². The van der Waals surface area contributed by atoms with Crippen LogP contribution in [0.5, 0.6) is 0 Å². The zero-order valence-corrected chi connectivity index (χ0v) is 10.7. The summed E-state index contributed by atoms with van der Waals surface area (Å²) in [6.45, 7) is 4.47. The number of amides is 1. The first-order valence-electron chi connectivity index (χ1n) is 6.77. The van der Waals surface area contributed by atoms with Gasteiger partial charge in [0.2, 0.25) is 5.91 Å². The van der Waals surface area contributed by atoms with Crippen LogP contribution in [0.1, 0.15) is 39.0 Å². The van der Waals surface area contributed by atoms with Gasteiger partial charge < -0.3 is 15.7 Å². The number of aliphatic hydroxyl groups excluding tert-OH is 1. The van der Waals surface area contributed by atoms with Crippen LogP contribution in [0.2, 0.25) is 0 Å². The molecule has 17 heavy (non-hydrogen) atoms. The van der Waals surface area contributed by atoms with Crippen LogP contribution >= 0.6 is 0 Å². The van der Waals surface area contributed by atoms with Crippen molar-refractivity contribution in [3.8, 4) is 0 Å². The van der Waals surface area contributed by atoms with Crippen molar-refractivity contribution in [3.05, 3.63) is 0 Å². The molecule has 2 fully saturated rings. The Hall–Kier alpha value is -0.610. The maximum atomic E-state index is 12.1. The molecular weight excluding hydrogens is 216 g/mol. The third-order valence-electron chi connectivity index (χ3n) is 4.22. The van der Waals surface area contributed by atoms with Gasteiger partial charge in [-0.3, -0.25) is 4.79 Å². The Bertz CT molecular complexity index is 275. The number of hydrogen-bond acceptors (Lipinski definition) is 3. The first-order chi connectivity index (χ1) is 8.10. The Morgan fingerprint density at radius 1 is 1.53 bits per heavy atom. The molecule has 3 N–H and O–H groups in total. The Labute approximate surface area is 103 Å². The van der Waals surface area contributed by atoms with Gasteiger partial charge >= 0.3 is 0 Å². The molecule has 0 spiro atoms. The van der Waals surface area contributed by atoms with Gasteiger partial charge in [0.05, 0.1) is 11.5 Å². The van der Waals surface area contributed by atoms with Crippen LogP contribution in [0.25, 0.3) is 0 Å². The van der Waals surface area contributed by atoms with Crippen LogP contribution in [0.15, 0.2) is 0 Å². The summed E-state index contributed by atoms with van der Waals surface area (Å²) in [5.41, 5.74) is -0.229. The van der Waals surface area contributed by atoms with Gasteiger partial charge in [-0.2, -0.15) is 0 Å². The van der Waals surface area contributed by atoms with E-state index in [4.69, 9.17) is 0 Å². The van der Waals surface area contributed by atoms with Crippen molar-refractivity contribution in [3.63, 3.8) is 0 Å². The van der Waals surface area contributed by atoms with Gasteiger partial charge in [-0.25, -0.2) is 0 Å². The van der Waals surface area contributed by atoms with Crippen molar-refractivity contribution in [2.24, 2.45) is 11.3 Å². The van der Waals surface area contributed by atoms with Crippen LogP contribution in [-0.4, -0.2) is 36.8 Å². The third kappa shape index (κ3) is 3.19. The molecule has 4 heteroatoms. The summed E-state index contributed by atoms with van der Waals surface area (Å²) in [5, 5.41) is 15.9. The first kappa shape index (κ1) is 12.8. The maximum absolute atomic E-state index is 12.1. The van der Waals surface area contributed by atoms with Gasteiger partial charge in [-0.1, -0.05) is 6.42 Å². The second-order valence-electron chi connectivity index (χ2n) is 5.88. The van der Waals surface area contributed by atoms with Crippen LogP contribution in [0, 0.1) is 11.3 Å². The summed E-state index contributed by atoms with van der Waals surface area (Å²) in [6, 6.07) is 0. The highest BCUT2D eigenvalue weighted by Gasteiger charge is 2.36. The Morgan fingerprint density at radius 2 is 2.35 bits per heavy atom. The monoisotopic (exact) mass is 240 g/mol. The minimum atomic E-state index is -0.229. The van der Waals surface area contributed by atoms with Crippen LogP contribution in [0.4, 0.5) is 0 Å². The van der Waals surface area contributed by atoms with E-state index in [9.17, 15) is 9.90 Å². The highest BCUT2D eigenvalue weighted by atomic mass is 16.3. The van der Waals surface area contributed by atoms with E-state index in [2.05, 4.69) is 10.6 Å². The average Bonchev–Trinajstić information content (AvgIpc) is 2.74. The van der Waals surface area contributed by atoms with Crippen molar-refractivity contribution in [2.45, 2.75) is 45.1 Å². The van der Waals surface area contributed by atoms with E-state index in [1.54, 1.807) is 0 Å². The van der Waals surface area contributed by atoms with Gasteiger partial charge in [0, 0.05) is 13.1 Å². The molecule has 4 nitrogen and oxygen atoms in total. The smallest absolute Gasteiger partial charge is 0.227 e. The quantitative estimate of drug-likeness (QED) is 0.679. The Balaban J connectivity index is 1.75. The van der Waals surface area contributed by atoms with Gasteiger partial charge in [-0.15, -0.1) is 0 Å². The van der Waals surface area contributed by atoms with Crippen LogP contribution in [-0.2, 0) is 4.79 Å². The SMILES string of the molecule is CC1(C(=O)NCC2CCCC(O)C2)CCNC1. The van der Waals surface area contributed by atoms with Crippen molar-refractivity contribution in [1.29, 1.82) is 0 Å². The molecule has 0 radical (unpaired) electrons. The molecule has 98 valence electrons. The molecule has 2 aliphatic rings. The summed E-state index contributed by atoms with van der Waals surface area (Å²) in [7, 11) is 0. The van der Waals surface area contributed by atoms with Gasteiger partial charge in [0.1, 0.15) is 0 Å². The molecule has 1 saturated heterocycles. The zero-order valence-electron chi connectivity index (χ0n) is 10.7. The molecule has 1 aliphatic heterocycles. The summed E-state index contributed by atoms with van der Waals surface area (Å²) in [4.78, 5) is 12.1. The summed E-state index contributed by atoms with van der Waals surface area (Å²) in [6.07, 6.45) is 4.75. The Kier molecular flexibility index (Phi) is 4.05. The first-order valence-corrected chi connectivity index (χ1v) is 6.77. The minimum absolute atomic E-state index is 0.158. The standard InChI is InChI=1S/C13H24N2O2/c1-13(5-6-14-9-13)12(17)15-8-10-3-2-4-11(16)7-10/h10-11,14,16H,2-9H2,1H3,(H,15,17). The normalized spacial score (nSPS) is 38.0. The highest BCUT2D eigenvalue weighted by Crippen LogP contribution is 2.26. The van der Waals surface area contributed by atoms with E-state index in [1.165, 1.54) is 0 Å². The molecule has 0 aromatic heterocycles. The predicted octanol–water partition coefficient (Wildman–Crippen LogP) is 0.653. The summed E-state index contributed by atoms with van der Waals surface area (Å²) in [5.74, 6) is 0.628.